The molecule has 0 aromatic heterocycles. The lowest BCUT2D eigenvalue weighted by atomic mass is 9.74. The average molecular weight is 349 g/mol. The summed E-state index contributed by atoms with van der Waals surface area (Å²) in [5.74, 6) is -0.125. The van der Waals surface area contributed by atoms with Gasteiger partial charge in [-0.2, -0.15) is 0 Å². The number of carboxylic acids is 1. The van der Waals surface area contributed by atoms with E-state index < -0.39 is 17.4 Å². The van der Waals surface area contributed by atoms with Gasteiger partial charge in [0.05, 0.1) is 25.7 Å². The van der Waals surface area contributed by atoms with Crippen LogP contribution in [0.1, 0.15) is 44.6 Å². The van der Waals surface area contributed by atoms with Gasteiger partial charge in [0.25, 0.3) is 0 Å². The molecule has 2 rings (SSSR count). The summed E-state index contributed by atoms with van der Waals surface area (Å²) in [4.78, 5) is 23.9. The van der Waals surface area contributed by atoms with Crippen molar-refractivity contribution in [2.24, 2.45) is 5.92 Å². The molecule has 2 atom stereocenters. The van der Waals surface area contributed by atoms with Crippen LogP contribution in [0.4, 0.5) is 0 Å². The summed E-state index contributed by atoms with van der Waals surface area (Å²) in [5, 5.41) is 12.4. The number of methoxy groups -OCH3 is 2. The number of rotatable bonds is 7. The number of benzene rings is 1. The van der Waals surface area contributed by atoms with Gasteiger partial charge in [0.15, 0.2) is 0 Å². The van der Waals surface area contributed by atoms with E-state index in [1.807, 2.05) is 19.1 Å². The Morgan fingerprint density at radius 3 is 2.40 bits per heavy atom. The summed E-state index contributed by atoms with van der Waals surface area (Å²) in [7, 11) is 3.17. The maximum atomic E-state index is 12.4. The monoisotopic (exact) mass is 349 g/mol. The molecule has 0 spiro atoms. The van der Waals surface area contributed by atoms with Crippen LogP contribution in [0.2, 0.25) is 0 Å². The number of ether oxygens (including phenoxy) is 2. The van der Waals surface area contributed by atoms with Crippen LogP contribution in [0.15, 0.2) is 18.2 Å². The van der Waals surface area contributed by atoms with E-state index in [-0.39, 0.29) is 12.3 Å². The third-order valence-corrected chi connectivity index (χ3v) is 4.98. The lowest BCUT2D eigenvalue weighted by molar-refractivity contribution is -0.146. The lowest BCUT2D eigenvalue weighted by Gasteiger charge is -2.39. The fourth-order valence-corrected chi connectivity index (χ4v) is 3.53. The van der Waals surface area contributed by atoms with Crippen LogP contribution in [0, 0.1) is 5.92 Å². The van der Waals surface area contributed by atoms with E-state index in [4.69, 9.17) is 9.47 Å². The van der Waals surface area contributed by atoms with E-state index in [9.17, 15) is 14.7 Å². The normalized spacial score (nSPS) is 22.9. The van der Waals surface area contributed by atoms with Gasteiger partial charge in [-0.05, 0) is 43.9 Å². The predicted molar refractivity (Wildman–Crippen MR) is 94.0 cm³/mol. The van der Waals surface area contributed by atoms with Crippen molar-refractivity contribution in [3.8, 4) is 11.5 Å². The van der Waals surface area contributed by atoms with Crippen LogP contribution in [0.5, 0.6) is 11.5 Å². The molecule has 1 amide bonds. The predicted octanol–water partition coefficient (Wildman–Crippen LogP) is 2.79. The van der Waals surface area contributed by atoms with E-state index in [0.717, 1.165) is 18.4 Å². The Bertz CT molecular complexity index is 608. The van der Waals surface area contributed by atoms with Crippen molar-refractivity contribution < 1.29 is 24.2 Å². The van der Waals surface area contributed by atoms with Crippen molar-refractivity contribution in [1.29, 1.82) is 0 Å². The molecule has 1 fully saturated rings. The van der Waals surface area contributed by atoms with Crippen LogP contribution in [-0.4, -0.2) is 36.7 Å². The van der Waals surface area contributed by atoms with Gasteiger partial charge < -0.3 is 19.9 Å². The van der Waals surface area contributed by atoms with Gasteiger partial charge in [-0.15, -0.1) is 0 Å². The van der Waals surface area contributed by atoms with E-state index in [1.54, 1.807) is 20.3 Å². The second kappa shape index (κ2) is 8.23. The molecule has 6 heteroatoms. The van der Waals surface area contributed by atoms with Crippen molar-refractivity contribution in [1.82, 2.24) is 5.32 Å². The minimum atomic E-state index is -0.833. The summed E-state index contributed by atoms with van der Waals surface area (Å²) in [6.07, 6.45) is 3.97. The molecule has 0 radical (unpaired) electrons. The number of carboxylic acid groups (broad SMARTS) is 1. The van der Waals surface area contributed by atoms with E-state index in [1.165, 1.54) is 0 Å². The largest absolute Gasteiger partial charge is 0.497 e. The molecule has 1 aromatic rings. The summed E-state index contributed by atoms with van der Waals surface area (Å²) in [6, 6.07) is 5.53. The third-order valence-electron chi connectivity index (χ3n) is 4.98. The smallest absolute Gasteiger partial charge is 0.308 e. The molecular weight excluding hydrogens is 322 g/mol. The Morgan fingerprint density at radius 2 is 1.84 bits per heavy atom. The first-order valence-corrected chi connectivity index (χ1v) is 8.63. The Hall–Kier alpha value is -2.24. The van der Waals surface area contributed by atoms with E-state index in [2.05, 4.69) is 5.32 Å². The van der Waals surface area contributed by atoms with Gasteiger partial charge in [0.1, 0.15) is 11.5 Å². The summed E-state index contributed by atoms with van der Waals surface area (Å²) in [6.45, 7) is 1.84. The summed E-state index contributed by atoms with van der Waals surface area (Å²) >= 11 is 0. The van der Waals surface area contributed by atoms with Crippen molar-refractivity contribution >= 4 is 11.9 Å². The zero-order valence-electron chi connectivity index (χ0n) is 15.1. The number of nitrogens with one attached hydrogen (secondary N) is 1. The molecule has 0 heterocycles. The zero-order chi connectivity index (χ0) is 18.4. The Kier molecular flexibility index (Phi) is 6.28. The lowest BCUT2D eigenvalue weighted by Crippen LogP contribution is -2.55. The van der Waals surface area contributed by atoms with Crippen LogP contribution in [-0.2, 0) is 16.0 Å². The molecule has 138 valence electrons. The molecule has 1 aliphatic rings. The number of amides is 1. The Morgan fingerprint density at radius 1 is 1.20 bits per heavy atom. The van der Waals surface area contributed by atoms with Crippen LogP contribution in [0.25, 0.3) is 0 Å². The van der Waals surface area contributed by atoms with Gasteiger partial charge >= 0.3 is 5.97 Å². The number of carbonyl (C=O) groups is 2. The summed E-state index contributed by atoms with van der Waals surface area (Å²) < 4.78 is 10.5. The maximum absolute atomic E-state index is 12.4. The first-order chi connectivity index (χ1) is 11.9. The van der Waals surface area contributed by atoms with Crippen LogP contribution >= 0.6 is 0 Å². The molecule has 1 aromatic carbocycles. The SMILES string of the molecule is COc1cc(CCC(=O)NC2(C)CCCCC2C(=O)O)cc(OC)c1. The minimum Gasteiger partial charge on any atom is -0.497 e. The third kappa shape index (κ3) is 4.87. The number of carbonyl (C=O) groups excluding carboxylic acids is 1. The highest BCUT2D eigenvalue weighted by Gasteiger charge is 2.41. The average Bonchev–Trinajstić information content (AvgIpc) is 2.59. The molecule has 0 aliphatic heterocycles. The topological polar surface area (TPSA) is 84.9 Å². The van der Waals surface area contributed by atoms with Crippen molar-refractivity contribution in [3.05, 3.63) is 23.8 Å². The Labute approximate surface area is 148 Å². The van der Waals surface area contributed by atoms with Crippen molar-refractivity contribution in [3.63, 3.8) is 0 Å². The first-order valence-electron chi connectivity index (χ1n) is 8.63. The molecule has 25 heavy (non-hydrogen) atoms. The van der Waals surface area contributed by atoms with Gasteiger partial charge in [-0.1, -0.05) is 12.8 Å². The Balaban J connectivity index is 1.99. The highest BCUT2D eigenvalue weighted by atomic mass is 16.5. The molecule has 2 unspecified atom stereocenters. The van der Waals surface area contributed by atoms with Crippen molar-refractivity contribution in [2.75, 3.05) is 14.2 Å². The molecule has 0 bridgehead atoms. The fourth-order valence-electron chi connectivity index (χ4n) is 3.53. The summed E-state index contributed by atoms with van der Waals surface area (Å²) in [5.41, 5.74) is 0.266. The quantitative estimate of drug-likeness (QED) is 0.791. The molecule has 1 aliphatic carbocycles. The van der Waals surface area contributed by atoms with Gasteiger partial charge in [-0.25, -0.2) is 0 Å². The van der Waals surface area contributed by atoms with Gasteiger partial charge in [-0.3, -0.25) is 9.59 Å². The van der Waals surface area contributed by atoms with E-state index >= 15 is 0 Å². The second-order valence-corrected chi connectivity index (χ2v) is 6.82. The molecule has 6 nitrogen and oxygen atoms in total. The van der Waals surface area contributed by atoms with Crippen LogP contribution in [0.3, 0.4) is 0 Å². The molecule has 2 N–H and O–H groups in total. The van der Waals surface area contributed by atoms with Crippen molar-refractivity contribution in [2.45, 2.75) is 51.0 Å². The fraction of sp³-hybridized carbons (Fsp3) is 0.579. The highest BCUT2D eigenvalue weighted by Crippen LogP contribution is 2.34. The number of hydrogen-bond donors (Lipinski definition) is 2. The molecular formula is C19H27NO5. The highest BCUT2D eigenvalue weighted by molar-refractivity contribution is 5.79. The zero-order valence-corrected chi connectivity index (χ0v) is 15.1. The van der Waals surface area contributed by atoms with Gasteiger partial charge in [0.2, 0.25) is 5.91 Å². The number of aliphatic carboxylic acids is 1. The minimum absolute atomic E-state index is 0.127. The van der Waals surface area contributed by atoms with Crippen LogP contribution < -0.4 is 14.8 Å². The van der Waals surface area contributed by atoms with E-state index in [0.29, 0.717) is 30.8 Å². The molecule has 1 saturated carbocycles. The number of aryl methyl sites for hydroxylation is 1. The molecule has 0 saturated heterocycles. The first kappa shape index (κ1) is 19.1. The standard InChI is InChI=1S/C19H27NO5/c1-19(9-5-4-6-16(19)18(22)23)20-17(21)8-7-13-10-14(24-2)12-15(11-13)25-3/h10-12,16H,4-9H2,1-3H3,(H,20,21)(H,22,23). The second-order valence-electron chi connectivity index (χ2n) is 6.82. The number of hydrogen-bond acceptors (Lipinski definition) is 4. The van der Waals surface area contributed by atoms with Gasteiger partial charge in [0, 0.05) is 12.5 Å². The maximum Gasteiger partial charge on any atom is 0.308 e.